The first kappa shape index (κ1) is 14.6. The Bertz CT molecular complexity index is 174. The van der Waals surface area contributed by atoms with E-state index < -0.39 is 8.40 Å². The highest BCUT2D eigenvalue weighted by molar-refractivity contribution is 6.83. The zero-order valence-corrected chi connectivity index (χ0v) is 11.8. The number of rotatable bonds is 8. The molecule has 0 aliphatic rings. The van der Waals surface area contributed by atoms with Crippen LogP contribution in [0.15, 0.2) is 24.6 Å². The molecule has 3 heteroatoms. The maximum Gasteiger partial charge on any atom is 0.256 e. The average Bonchev–Trinajstić information content (AvgIpc) is 2.29. The lowest BCUT2D eigenvalue weighted by molar-refractivity contribution is 0.371. The summed E-state index contributed by atoms with van der Waals surface area (Å²) in [6.07, 6.45) is 0. The summed E-state index contributed by atoms with van der Waals surface area (Å²) in [6, 6.07) is 0. The van der Waals surface area contributed by atoms with E-state index >= 15 is 0 Å². The van der Waals surface area contributed by atoms with Gasteiger partial charge in [0.2, 0.25) is 0 Å². The molecule has 0 saturated heterocycles. The molecule has 0 heterocycles. The van der Waals surface area contributed by atoms with Crippen LogP contribution in [0.4, 0.5) is 0 Å². The van der Waals surface area contributed by atoms with Gasteiger partial charge in [0.25, 0.3) is 8.40 Å². The first-order valence-electron chi connectivity index (χ1n) is 5.93. The van der Waals surface area contributed by atoms with Crippen LogP contribution < -0.4 is 0 Å². The van der Waals surface area contributed by atoms with Crippen LogP contribution in [0.5, 0.6) is 0 Å². The molecule has 0 aliphatic heterocycles. The van der Waals surface area contributed by atoms with Crippen molar-refractivity contribution < 1.29 is 0 Å². The summed E-state index contributed by atoms with van der Waals surface area (Å²) in [5, 5.41) is 0. The third-order valence-electron chi connectivity index (χ3n) is 3.14. The van der Waals surface area contributed by atoms with Gasteiger partial charge in [0.1, 0.15) is 0 Å². The van der Waals surface area contributed by atoms with Gasteiger partial charge < -0.3 is 9.13 Å². The van der Waals surface area contributed by atoms with Crippen molar-refractivity contribution in [1.82, 2.24) is 9.13 Å². The summed E-state index contributed by atoms with van der Waals surface area (Å²) in [6.45, 7) is 21.2. The van der Waals surface area contributed by atoms with Crippen LogP contribution in [-0.2, 0) is 0 Å². The molecule has 0 aromatic rings. The van der Waals surface area contributed by atoms with Crippen molar-refractivity contribution in [1.29, 1.82) is 0 Å². The Balaban J connectivity index is 5.16. The van der Waals surface area contributed by atoms with Crippen LogP contribution in [0.2, 0.25) is 0 Å². The standard InChI is InChI=1S/C12H26N2Si/c1-7-13(8-2)15(11-5,12-6)14(9-3)10-4/h11-12H,5-10H2,1-4H3. The quantitative estimate of drug-likeness (QED) is 0.587. The Morgan fingerprint density at radius 2 is 1.07 bits per heavy atom. The molecule has 0 aliphatic carbocycles. The van der Waals surface area contributed by atoms with Crippen molar-refractivity contribution in [3.63, 3.8) is 0 Å². The van der Waals surface area contributed by atoms with Crippen molar-refractivity contribution in [2.45, 2.75) is 27.7 Å². The van der Waals surface area contributed by atoms with Gasteiger partial charge in [-0.2, -0.15) is 0 Å². The topological polar surface area (TPSA) is 6.48 Å². The van der Waals surface area contributed by atoms with Gasteiger partial charge >= 0.3 is 0 Å². The fraction of sp³-hybridized carbons (Fsp3) is 0.667. The minimum Gasteiger partial charge on any atom is -0.306 e. The van der Waals surface area contributed by atoms with E-state index in [0.717, 1.165) is 26.2 Å². The fourth-order valence-corrected chi connectivity index (χ4v) is 5.89. The number of hydrogen-bond acceptors (Lipinski definition) is 2. The molecule has 0 aromatic carbocycles. The molecule has 0 radical (unpaired) electrons. The number of hydrogen-bond donors (Lipinski definition) is 0. The van der Waals surface area contributed by atoms with E-state index in [1.54, 1.807) is 0 Å². The van der Waals surface area contributed by atoms with Gasteiger partial charge in [-0.25, -0.2) is 0 Å². The highest BCUT2D eigenvalue weighted by Crippen LogP contribution is 2.17. The third kappa shape index (κ3) is 2.80. The second-order valence-corrected chi connectivity index (χ2v) is 7.18. The zero-order valence-electron chi connectivity index (χ0n) is 10.8. The minimum atomic E-state index is -1.81. The second-order valence-electron chi connectivity index (χ2n) is 3.54. The molecular weight excluding hydrogens is 200 g/mol. The monoisotopic (exact) mass is 226 g/mol. The molecule has 0 unspecified atom stereocenters. The van der Waals surface area contributed by atoms with Crippen molar-refractivity contribution in [3.05, 3.63) is 24.6 Å². The van der Waals surface area contributed by atoms with E-state index in [0.29, 0.717) is 0 Å². The largest absolute Gasteiger partial charge is 0.306 e. The molecule has 0 bridgehead atoms. The van der Waals surface area contributed by atoms with Crippen LogP contribution in [0, 0.1) is 0 Å². The lowest BCUT2D eigenvalue weighted by Crippen LogP contribution is -2.63. The summed E-state index contributed by atoms with van der Waals surface area (Å²) < 4.78 is 5.03. The van der Waals surface area contributed by atoms with Crippen molar-refractivity contribution in [3.8, 4) is 0 Å². The van der Waals surface area contributed by atoms with Crippen LogP contribution >= 0.6 is 0 Å². The van der Waals surface area contributed by atoms with E-state index in [2.05, 4.69) is 61.4 Å². The first-order chi connectivity index (χ1) is 7.16. The molecule has 0 fully saturated rings. The molecule has 0 spiro atoms. The van der Waals surface area contributed by atoms with E-state index in [1.165, 1.54) is 0 Å². The molecule has 88 valence electrons. The summed E-state index contributed by atoms with van der Waals surface area (Å²) in [4.78, 5) is 0. The van der Waals surface area contributed by atoms with Gasteiger partial charge in [-0.05, 0) is 26.2 Å². The Hall–Kier alpha value is -0.383. The van der Waals surface area contributed by atoms with Crippen molar-refractivity contribution in [2.24, 2.45) is 0 Å². The second kappa shape index (κ2) is 6.98. The SMILES string of the molecule is C=C[Si](C=C)(N(CC)CC)N(CC)CC. The summed E-state index contributed by atoms with van der Waals surface area (Å²) in [7, 11) is -1.81. The molecule has 0 aromatic heterocycles. The first-order valence-corrected chi connectivity index (χ1v) is 7.98. The predicted octanol–water partition coefficient (Wildman–Crippen LogP) is 2.56. The van der Waals surface area contributed by atoms with Crippen LogP contribution in [0.25, 0.3) is 0 Å². The van der Waals surface area contributed by atoms with E-state index in [1.807, 2.05) is 0 Å². The Kier molecular flexibility index (Phi) is 6.81. The minimum absolute atomic E-state index is 1.07. The Labute approximate surface area is 96.4 Å². The van der Waals surface area contributed by atoms with Gasteiger partial charge in [0, 0.05) is 0 Å². The Morgan fingerprint density at radius 1 is 0.800 bits per heavy atom. The molecule has 0 rings (SSSR count). The molecule has 0 N–H and O–H groups in total. The predicted molar refractivity (Wildman–Crippen MR) is 72.0 cm³/mol. The van der Waals surface area contributed by atoms with Gasteiger partial charge in [-0.15, -0.1) is 13.2 Å². The summed E-state index contributed by atoms with van der Waals surface area (Å²) >= 11 is 0. The lowest BCUT2D eigenvalue weighted by Gasteiger charge is -2.43. The Morgan fingerprint density at radius 3 is 1.20 bits per heavy atom. The van der Waals surface area contributed by atoms with Gasteiger partial charge in [0.05, 0.1) is 0 Å². The fourth-order valence-electron chi connectivity index (χ4n) is 2.26. The third-order valence-corrected chi connectivity index (χ3v) is 7.63. The average molecular weight is 226 g/mol. The molecule has 0 saturated carbocycles. The molecule has 15 heavy (non-hydrogen) atoms. The summed E-state index contributed by atoms with van der Waals surface area (Å²) in [5.74, 6) is 0. The van der Waals surface area contributed by atoms with Crippen LogP contribution in [0.1, 0.15) is 27.7 Å². The molecular formula is C12H26N2Si. The van der Waals surface area contributed by atoms with E-state index in [-0.39, 0.29) is 0 Å². The van der Waals surface area contributed by atoms with E-state index in [9.17, 15) is 0 Å². The molecule has 0 atom stereocenters. The highest BCUT2D eigenvalue weighted by atomic mass is 28.3. The molecule has 2 nitrogen and oxygen atoms in total. The zero-order chi connectivity index (χ0) is 11.9. The smallest absolute Gasteiger partial charge is 0.256 e. The number of nitrogens with zero attached hydrogens (tertiary/aromatic N) is 2. The van der Waals surface area contributed by atoms with Crippen LogP contribution in [0.3, 0.4) is 0 Å². The van der Waals surface area contributed by atoms with Gasteiger partial charge in [-0.1, -0.05) is 39.1 Å². The normalized spacial score (nSPS) is 12.1. The maximum absolute atomic E-state index is 4.04. The van der Waals surface area contributed by atoms with Crippen molar-refractivity contribution in [2.75, 3.05) is 26.2 Å². The maximum atomic E-state index is 4.04. The van der Waals surface area contributed by atoms with Crippen LogP contribution in [-0.4, -0.2) is 43.7 Å². The van der Waals surface area contributed by atoms with E-state index in [4.69, 9.17) is 0 Å². The summed E-state index contributed by atoms with van der Waals surface area (Å²) in [5.41, 5.74) is 4.28. The molecule has 0 amide bonds. The van der Waals surface area contributed by atoms with Crippen molar-refractivity contribution >= 4 is 8.40 Å². The van der Waals surface area contributed by atoms with Gasteiger partial charge in [0.15, 0.2) is 0 Å². The lowest BCUT2D eigenvalue weighted by atomic mass is 10.7. The highest BCUT2D eigenvalue weighted by Gasteiger charge is 2.37. The van der Waals surface area contributed by atoms with Gasteiger partial charge in [-0.3, -0.25) is 0 Å².